The highest BCUT2D eigenvalue weighted by atomic mass is 16.6. The third-order valence-electron chi connectivity index (χ3n) is 2.02. The van der Waals surface area contributed by atoms with Crippen LogP contribution in [0.1, 0.15) is 5.56 Å². The van der Waals surface area contributed by atoms with Crippen LogP contribution in [-0.2, 0) is 4.74 Å². The molecule has 0 saturated carbocycles. The number of amides is 1. The van der Waals surface area contributed by atoms with Gasteiger partial charge in [-0.15, -0.1) is 0 Å². The van der Waals surface area contributed by atoms with E-state index in [1.54, 1.807) is 6.20 Å². The lowest BCUT2D eigenvalue weighted by atomic mass is 10.2. The van der Waals surface area contributed by atoms with Crippen molar-refractivity contribution in [2.24, 2.45) is 0 Å². The van der Waals surface area contributed by atoms with E-state index in [0.29, 0.717) is 13.2 Å². The first kappa shape index (κ1) is 10.4. The Bertz CT molecular complexity index is 396. The topological polar surface area (TPSA) is 59.6 Å². The number of hydrogen-bond donors (Lipinski definition) is 2. The number of para-hydroxylation sites is 1. The van der Waals surface area contributed by atoms with Gasteiger partial charge in [0.05, 0.1) is 6.54 Å². The molecule has 0 radical (unpaired) electrons. The summed E-state index contributed by atoms with van der Waals surface area (Å²) in [6.45, 7) is 1.19. The maximum absolute atomic E-state index is 9.91. The molecule has 0 unspecified atom stereocenters. The number of rotatable bonds is 0. The lowest BCUT2D eigenvalue weighted by Crippen LogP contribution is -2.13. The highest BCUT2D eigenvalue weighted by molar-refractivity contribution is 5.68. The molecule has 0 bridgehead atoms. The molecule has 1 saturated heterocycles. The molecule has 1 fully saturated rings. The maximum Gasteiger partial charge on any atom is 0.407 e. The second-order valence-electron chi connectivity index (χ2n) is 3.15. The zero-order valence-electron chi connectivity index (χ0n) is 8.60. The van der Waals surface area contributed by atoms with E-state index in [9.17, 15) is 4.79 Å². The van der Waals surface area contributed by atoms with Crippen molar-refractivity contribution >= 4 is 12.2 Å². The monoisotopic (exact) mass is 220 g/mol. The third-order valence-corrected chi connectivity index (χ3v) is 2.02. The fraction of sp³-hybridized carbons (Fsp3) is 0.182. The number of cyclic esters (lactones) is 1. The molecule has 5 nitrogen and oxygen atoms in total. The zero-order valence-corrected chi connectivity index (χ0v) is 8.60. The van der Waals surface area contributed by atoms with Gasteiger partial charge in [0.15, 0.2) is 5.75 Å². The summed E-state index contributed by atoms with van der Waals surface area (Å²) in [5.41, 5.74) is 3.77. The molecule has 16 heavy (non-hydrogen) atoms. The fourth-order valence-corrected chi connectivity index (χ4v) is 1.28. The smallest absolute Gasteiger partial charge is 0.407 e. The second-order valence-corrected chi connectivity index (χ2v) is 3.15. The van der Waals surface area contributed by atoms with Gasteiger partial charge in [-0.05, 0) is 12.1 Å². The molecule has 1 aromatic carbocycles. The van der Waals surface area contributed by atoms with E-state index in [1.165, 1.54) is 0 Å². The van der Waals surface area contributed by atoms with Crippen molar-refractivity contribution in [2.45, 2.75) is 0 Å². The first-order valence-electron chi connectivity index (χ1n) is 4.95. The minimum Gasteiger partial charge on any atom is -0.448 e. The van der Waals surface area contributed by atoms with Crippen LogP contribution in [-0.4, -0.2) is 19.2 Å². The van der Waals surface area contributed by atoms with Crippen molar-refractivity contribution in [3.8, 4) is 5.75 Å². The number of alkyl carbamates (subject to hydrolysis) is 1. The fourth-order valence-electron chi connectivity index (χ4n) is 1.28. The Morgan fingerprint density at radius 3 is 2.75 bits per heavy atom. The van der Waals surface area contributed by atoms with Crippen LogP contribution in [0.2, 0.25) is 0 Å². The van der Waals surface area contributed by atoms with Crippen molar-refractivity contribution in [1.82, 2.24) is 10.8 Å². The molecule has 0 atom stereocenters. The molecule has 0 aliphatic carbocycles. The quantitative estimate of drug-likeness (QED) is 0.691. The summed E-state index contributed by atoms with van der Waals surface area (Å²) in [7, 11) is 0. The molecule has 0 spiro atoms. The Balaban J connectivity index is 0.000000138. The predicted molar refractivity (Wildman–Crippen MR) is 58.6 cm³/mol. The predicted octanol–water partition coefficient (Wildman–Crippen LogP) is 1.28. The van der Waals surface area contributed by atoms with Gasteiger partial charge in [0.1, 0.15) is 6.61 Å². The van der Waals surface area contributed by atoms with Gasteiger partial charge in [0.2, 0.25) is 0 Å². The van der Waals surface area contributed by atoms with Gasteiger partial charge in [0.25, 0.3) is 0 Å². The lowest BCUT2D eigenvalue weighted by molar-refractivity contribution is 0.178. The summed E-state index contributed by atoms with van der Waals surface area (Å²) in [6.07, 6.45) is 3.44. The number of carbonyl (C=O) groups is 1. The van der Waals surface area contributed by atoms with Crippen LogP contribution in [0.3, 0.4) is 0 Å². The SMILES string of the molecule is C1=Cc2ccccc2ON1.O=C1NCCO1. The van der Waals surface area contributed by atoms with Crippen molar-refractivity contribution < 1.29 is 14.4 Å². The molecular formula is C11H12N2O3. The number of hydrogen-bond acceptors (Lipinski definition) is 4. The van der Waals surface area contributed by atoms with Crippen molar-refractivity contribution in [3.05, 3.63) is 36.0 Å². The van der Waals surface area contributed by atoms with Crippen molar-refractivity contribution in [2.75, 3.05) is 13.2 Å². The van der Waals surface area contributed by atoms with Crippen molar-refractivity contribution in [3.63, 3.8) is 0 Å². The number of hydroxylamine groups is 1. The molecule has 2 aliphatic heterocycles. The summed E-state index contributed by atoms with van der Waals surface area (Å²) in [6, 6.07) is 7.86. The molecular weight excluding hydrogens is 208 g/mol. The highest BCUT2D eigenvalue weighted by Crippen LogP contribution is 2.20. The molecule has 2 N–H and O–H groups in total. The van der Waals surface area contributed by atoms with Crippen LogP contribution in [0.25, 0.3) is 6.08 Å². The van der Waals surface area contributed by atoms with Crippen LogP contribution in [0.15, 0.2) is 30.5 Å². The third kappa shape index (κ3) is 2.66. The van der Waals surface area contributed by atoms with Gasteiger partial charge in [-0.1, -0.05) is 18.2 Å². The lowest BCUT2D eigenvalue weighted by Gasteiger charge is -2.11. The van der Waals surface area contributed by atoms with Gasteiger partial charge < -0.3 is 14.9 Å². The summed E-state index contributed by atoms with van der Waals surface area (Å²) >= 11 is 0. The number of carbonyl (C=O) groups excluding carboxylic acids is 1. The van der Waals surface area contributed by atoms with Gasteiger partial charge in [0, 0.05) is 11.8 Å². The van der Waals surface area contributed by atoms with Gasteiger partial charge >= 0.3 is 6.09 Å². The first-order chi connectivity index (χ1) is 7.86. The minimum atomic E-state index is -0.296. The van der Waals surface area contributed by atoms with Crippen LogP contribution in [0.4, 0.5) is 4.79 Å². The van der Waals surface area contributed by atoms with Crippen LogP contribution in [0.5, 0.6) is 5.75 Å². The molecule has 0 aromatic heterocycles. The Morgan fingerprint density at radius 2 is 2.12 bits per heavy atom. The Labute approximate surface area is 93.0 Å². The second kappa shape index (κ2) is 5.06. The number of nitrogens with one attached hydrogen (secondary N) is 2. The summed E-state index contributed by atoms with van der Waals surface area (Å²) in [5.74, 6) is 0.880. The average Bonchev–Trinajstić information content (AvgIpc) is 2.81. The van der Waals surface area contributed by atoms with E-state index >= 15 is 0 Å². The normalized spacial score (nSPS) is 15.6. The largest absolute Gasteiger partial charge is 0.448 e. The summed E-state index contributed by atoms with van der Waals surface area (Å²) < 4.78 is 4.40. The standard InChI is InChI=1S/C8H7NO.C3H5NO2/c1-2-4-8-7(3-1)5-6-9-10-8;5-3-4-1-2-6-3/h1-6,9H;1-2H2,(H,4,5). The Hall–Kier alpha value is -2.17. The number of ether oxygens (including phenoxy) is 1. The zero-order chi connectivity index (χ0) is 11.2. The molecule has 2 aliphatic rings. The maximum atomic E-state index is 9.91. The highest BCUT2D eigenvalue weighted by Gasteiger charge is 2.06. The number of benzene rings is 1. The van der Waals surface area contributed by atoms with E-state index in [4.69, 9.17) is 4.84 Å². The summed E-state index contributed by atoms with van der Waals surface area (Å²) in [4.78, 5) is 15.0. The molecule has 2 heterocycles. The van der Waals surface area contributed by atoms with Crippen molar-refractivity contribution in [1.29, 1.82) is 0 Å². The van der Waals surface area contributed by atoms with Crippen LogP contribution >= 0.6 is 0 Å². The van der Waals surface area contributed by atoms with E-state index in [-0.39, 0.29) is 6.09 Å². The van der Waals surface area contributed by atoms with Gasteiger partial charge in [-0.25, -0.2) is 10.3 Å². The molecule has 1 amide bonds. The number of fused-ring (bicyclic) bond motifs is 1. The van der Waals surface area contributed by atoms with E-state index < -0.39 is 0 Å². The van der Waals surface area contributed by atoms with Gasteiger partial charge in [-0.2, -0.15) is 0 Å². The minimum absolute atomic E-state index is 0.296. The Kier molecular flexibility index (Phi) is 3.28. The van der Waals surface area contributed by atoms with E-state index in [1.807, 2.05) is 30.3 Å². The molecule has 5 heteroatoms. The molecule has 3 rings (SSSR count). The first-order valence-corrected chi connectivity index (χ1v) is 4.95. The van der Waals surface area contributed by atoms with Crippen LogP contribution in [0, 0.1) is 0 Å². The molecule has 1 aromatic rings. The summed E-state index contributed by atoms with van der Waals surface area (Å²) in [5, 5.41) is 2.46. The molecule has 84 valence electrons. The average molecular weight is 220 g/mol. The Morgan fingerprint density at radius 1 is 1.25 bits per heavy atom. The van der Waals surface area contributed by atoms with E-state index in [2.05, 4.69) is 15.5 Å². The van der Waals surface area contributed by atoms with Crippen LogP contribution < -0.4 is 15.6 Å². The van der Waals surface area contributed by atoms with E-state index in [0.717, 1.165) is 11.3 Å². The van der Waals surface area contributed by atoms with Gasteiger partial charge in [-0.3, -0.25) is 0 Å².